The van der Waals surface area contributed by atoms with E-state index in [1.807, 2.05) is 0 Å². The number of ether oxygens (including phenoxy) is 2. The first-order chi connectivity index (χ1) is 17.6. The number of imide groups is 1. The Hall–Kier alpha value is -3.04. The van der Waals surface area contributed by atoms with Gasteiger partial charge in [0, 0.05) is 11.3 Å². The van der Waals surface area contributed by atoms with E-state index < -0.39 is 35.6 Å². The van der Waals surface area contributed by atoms with Crippen molar-refractivity contribution >= 4 is 69.8 Å². The predicted molar refractivity (Wildman–Crippen MR) is 137 cm³/mol. The van der Waals surface area contributed by atoms with Crippen LogP contribution in [0.4, 0.5) is 10.1 Å². The molecule has 0 saturated carbocycles. The van der Waals surface area contributed by atoms with Crippen LogP contribution in [0.1, 0.15) is 32.3 Å². The smallest absolute Gasteiger partial charge is 0.264 e. The molecule has 3 amide bonds. The second-order valence-corrected chi connectivity index (χ2v) is 9.68. The summed E-state index contributed by atoms with van der Waals surface area (Å²) in [6.07, 6.45) is 0. The second-order valence-electron chi connectivity index (χ2n) is 8.17. The van der Waals surface area contributed by atoms with Crippen LogP contribution in [0.5, 0.6) is 11.5 Å². The zero-order valence-electron chi connectivity index (χ0n) is 19.0. The van der Waals surface area contributed by atoms with E-state index >= 15 is 0 Å². The van der Waals surface area contributed by atoms with Crippen molar-refractivity contribution in [2.24, 2.45) is 0 Å². The van der Waals surface area contributed by atoms with Gasteiger partial charge in [-0.1, -0.05) is 46.4 Å². The van der Waals surface area contributed by atoms with E-state index in [4.69, 9.17) is 55.9 Å². The Kier molecular flexibility index (Phi) is 6.48. The number of hydrogen-bond acceptors (Lipinski definition) is 5. The van der Waals surface area contributed by atoms with Gasteiger partial charge in [0.1, 0.15) is 23.4 Å². The maximum Gasteiger partial charge on any atom is 0.264 e. The van der Waals surface area contributed by atoms with Crippen molar-refractivity contribution in [1.82, 2.24) is 4.90 Å². The van der Waals surface area contributed by atoms with Crippen LogP contribution in [0.15, 0.2) is 42.5 Å². The van der Waals surface area contributed by atoms with Crippen LogP contribution in [0.3, 0.4) is 0 Å². The molecule has 0 aromatic heterocycles. The maximum absolute atomic E-state index is 13.6. The van der Waals surface area contributed by atoms with Gasteiger partial charge in [-0.05, 0) is 42.5 Å². The van der Waals surface area contributed by atoms with Gasteiger partial charge in [-0.2, -0.15) is 0 Å². The van der Waals surface area contributed by atoms with Gasteiger partial charge in [0.15, 0.2) is 0 Å². The van der Waals surface area contributed by atoms with Gasteiger partial charge >= 0.3 is 0 Å². The van der Waals surface area contributed by atoms with Crippen LogP contribution >= 0.6 is 46.4 Å². The van der Waals surface area contributed by atoms with E-state index in [0.29, 0.717) is 22.7 Å². The maximum atomic E-state index is 13.6. The number of carbonyl (C=O) groups excluding carboxylic acids is 3. The Labute approximate surface area is 230 Å². The summed E-state index contributed by atoms with van der Waals surface area (Å²) in [6, 6.07) is 7.90. The molecule has 0 bridgehead atoms. The molecule has 3 aromatic rings. The fraction of sp³-hybridized carbons (Fsp3) is 0.160. The molecule has 0 N–H and O–H groups in total. The van der Waals surface area contributed by atoms with Crippen LogP contribution < -0.4 is 14.4 Å². The zero-order valence-corrected chi connectivity index (χ0v) is 22.0. The van der Waals surface area contributed by atoms with E-state index in [1.54, 1.807) is 18.2 Å². The first-order valence-electron chi connectivity index (χ1n) is 10.7. The fourth-order valence-corrected chi connectivity index (χ4v) is 5.63. The normalized spacial score (nSPS) is 18.7. The summed E-state index contributed by atoms with van der Waals surface area (Å²) < 4.78 is 24.5. The predicted octanol–water partition coefficient (Wildman–Crippen LogP) is 6.21. The largest absolute Gasteiger partial charge is 0.497 e. The molecule has 0 radical (unpaired) electrons. The lowest BCUT2D eigenvalue weighted by atomic mass is 9.85. The van der Waals surface area contributed by atoms with Gasteiger partial charge < -0.3 is 14.4 Å². The molecular formula is C25H15Cl4FN2O5. The molecule has 37 heavy (non-hydrogen) atoms. The number of amides is 3. The number of nitrogens with zero attached hydrogens (tertiary/aromatic N) is 2. The molecule has 5 rings (SSSR count). The Morgan fingerprint density at radius 2 is 1.30 bits per heavy atom. The molecule has 0 aliphatic carbocycles. The number of benzene rings is 3. The third kappa shape index (κ3) is 3.74. The summed E-state index contributed by atoms with van der Waals surface area (Å²) in [5, 5.41) is -0.864. The van der Waals surface area contributed by atoms with Crippen molar-refractivity contribution in [2.75, 3.05) is 19.1 Å². The van der Waals surface area contributed by atoms with Gasteiger partial charge in [-0.25, -0.2) is 4.39 Å². The summed E-state index contributed by atoms with van der Waals surface area (Å²) >= 11 is 24.8. The van der Waals surface area contributed by atoms with Crippen molar-refractivity contribution in [2.45, 2.75) is 12.1 Å². The van der Waals surface area contributed by atoms with E-state index in [1.165, 1.54) is 43.4 Å². The third-order valence-electron chi connectivity index (χ3n) is 6.34. The minimum atomic E-state index is -1.32. The van der Waals surface area contributed by atoms with E-state index in [0.717, 1.165) is 4.90 Å². The molecule has 3 aromatic carbocycles. The highest BCUT2D eigenvalue weighted by molar-refractivity contribution is 6.55. The number of hydrogen-bond donors (Lipinski definition) is 0. The quantitative estimate of drug-likeness (QED) is 0.154. The lowest BCUT2D eigenvalue weighted by Gasteiger charge is -2.50. The zero-order chi connectivity index (χ0) is 26.8. The summed E-state index contributed by atoms with van der Waals surface area (Å²) in [5.74, 6) is -1.99. The lowest BCUT2D eigenvalue weighted by molar-refractivity contribution is -0.130. The first kappa shape index (κ1) is 25.6. The highest BCUT2D eigenvalue weighted by atomic mass is 35.5. The second kappa shape index (κ2) is 9.36. The van der Waals surface area contributed by atoms with Crippen LogP contribution in [0, 0.1) is 5.82 Å². The van der Waals surface area contributed by atoms with Gasteiger partial charge in [0.05, 0.1) is 51.5 Å². The molecule has 0 unspecified atom stereocenters. The molecule has 1 fully saturated rings. The highest BCUT2D eigenvalue weighted by Gasteiger charge is 2.59. The Balaban J connectivity index is 1.68. The summed E-state index contributed by atoms with van der Waals surface area (Å²) in [4.78, 5) is 42.8. The number of anilines is 1. The molecule has 7 nitrogen and oxygen atoms in total. The average molecular weight is 584 g/mol. The number of β-lactam (4-membered cyclic amide) rings is 1. The lowest BCUT2D eigenvalue weighted by Crippen LogP contribution is -2.67. The summed E-state index contributed by atoms with van der Waals surface area (Å²) in [6.45, 7) is 0. The monoisotopic (exact) mass is 582 g/mol. The van der Waals surface area contributed by atoms with Crippen molar-refractivity contribution < 1.29 is 28.2 Å². The van der Waals surface area contributed by atoms with Crippen molar-refractivity contribution in [3.8, 4) is 11.5 Å². The van der Waals surface area contributed by atoms with Crippen LogP contribution in [-0.2, 0) is 4.79 Å². The van der Waals surface area contributed by atoms with Crippen molar-refractivity contribution in [3.05, 3.63) is 85.1 Å². The molecule has 2 aliphatic heterocycles. The molecular weight excluding hydrogens is 569 g/mol. The van der Waals surface area contributed by atoms with E-state index in [9.17, 15) is 18.8 Å². The Morgan fingerprint density at radius 1 is 0.730 bits per heavy atom. The van der Waals surface area contributed by atoms with Crippen LogP contribution in [0.25, 0.3) is 0 Å². The van der Waals surface area contributed by atoms with Crippen LogP contribution in [-0.4, -0.2) is 42.9 Å². The molecule has 2 aliphatic rings. The van der Waals surface area contributed by atoms with Crippen molar-refractivity contribution in [1.29, 1.82) is 0 Å². The number of methoxy groups -OCH3 is 2. The van der Waals surface area contributed by atoms with Crippen molar-refractivity contribution in [3.63, 3.8) is 0 Å². The standard InChI is InChI=1S/C25H15Cl4FN2O5/c1-36-12-7-8-14(37-2)13(9-12)21-22(25(35)31(21)11-5-3-10(30)4-6-11)32-23(33)15-16(24(32)34)18(27)20(29)19(28)17(15)26/h3-9,21-22H,1-2H3/t21-,22-/m1/s1. The average Bonchev–Trinajstić information content (AvgIpc) is 3.15. The Morgan fingerprint density at radius 3 is 1.81 bits per heavy atom. The minimum absolute atomic E-state index is 0.186. The van der Waals surface area contributed by atoms with Crippen LogP contribution in [0.2, 0.25) is 20.1 Å². The number of halogens is 5. The van der Waals surface area contributed by atoms with Gasteiger partial charge in [-0.3, -0.25) is 19.3 Å². The Bertz CT molecular complexity index is 1450. The molecule has 2 heterocycles. The number of rotatable bonds is 5. The summed E-state index contributed by atoms with van der Waals surface area (Å²) in [5.41, 5.74) is 0.308. The molecule has 1 saturated heterocycles. The molecule has 190 valence electrons. The number of carbonyl (C=O) groups is 3. The first-order valence-corrected chi connectivity index (χ1v) is 12.2. The molecule has 2 atom stereocenters. The van der Waals surface area contributed by atoms with E-state index in [2.05, 4.69) is 0 Å². The van der Waals surface area contributed by atoms with E-state index in [-0.39, 0.29) is 31.2 Å². The van der Waals surface area contributed by atoms with Gasteiger partial charge in [0.2, 0.25) is 0 Å². The number of fused-ring (bicyclic) bond motifs is 1. The SMILES string of the molecule is COc1ccc(OC)c([C@@H]2[C@@H](N3C(=O)c4c(Cl)c(Cl)c(Cl)c(Cl)c4C3=O)C(=O)N2c2ccc(F)cc2)c1. The molecule has 0 spiro atoms. The van der Waals surface area contributed by atoms with Gasteiger partial charge in [-0.15, -0.1) is 0 Å². The highest BCUT2D eigenvalue weighted by Crippen LogP contribution is 2.50. The minimum Gasteiger partial charge on any atom is -0.497 e. The van der Waals surface area contributed by atoms with Gasteiger partial charge in [0.25, 0.3) is 17.7 Å². The molecule has 12 heteroatoms. The third-order valence-corrected chi connectivity index (χ3v) is 8.14. The fourth-order valence-electron chi connectivity index (χ4n) is 4.61. The topological polar surface area (TPSA) is 76.1 Å². The summed E-state index contributed by atoms with van der Waals surface area (Å²) in [7, 11) is 2.91.